The van der Waals surface area contributed by atoms with Crippen molar-refractivity contribution in [3.05, 3.63) is 29.6 Å². The van der Waals surface area contributed by atoms with E-state index in [-0.39, 0.29) is 23.7 Å². The molecule has 0 fully saturated rings. The van der Waals surface area contributed by atoms with Crippen LogP contribution in [0.5, 0.6) is 0 Å². The van der Waals surface area contributed by atoms with E-state index in [1.165, 1.54) is 15.9 Å². The first-order valence-corrected chi connectivity index (χ1v) is 6.40. The number of hydrogen-bond donors (Lipinski definition) is 1. The number of carbonyl (C=O) groups is 2. The zero-order chi connectivity index (χ0) is 15.3. The summed E-state index contributed by atoms with van der Waals surface area (Å²) < 4.78 is 13.3. The van der Waals surface area contributed by atoms with Gasteiger partial charge in [-0.15, -0.1) is 0 Å². The van der Waals surface area contributed by atoms with Crippen molar-refractivity contribution < 1.29 is 14.0 Å². The quantitative estimate of drug-likeness (QED) is 0.828. The average Bonchev–Trinajstić information content (AvgIpc) is 2.35. The molecule has 1 rings (SSSR count). The van der Waals surface area contributed by atoms with Crippen LogP contribution in [0.1, 0.15) is 23.7 Å². The van der Waals surface area contributed by atoms with Gasteiger partial charge < -0.3 is 15.5 Å². The minimum atomic E-state index is -0.566. The topological polar surface area (TPSA) is 66.6 Å². The second kappa shape index (κ2) is 6.88. The van der Waals surface area contributed by atoms with Crippen LogP contribution in [-0.2, 0) is 4.79 Å². The number of hydrogen-bond acceptors (Lipinski definition) is 3. The van der Waals surface area contributed by atoms with Crippen LogP contribution in [-0.4, -0.2) is 48.8 Å². The lowest BCUT2D eigenvalue weighted by molar-refractivity contribution is -0.129. The molecule has 0 aliphatic heterocycles. The van der Waals surface area contributed by atoms with Gasteiger partial charge in [-0.05, 0) is 24.6 Å². The number of halogens is 1. The highest BCUT2D eigenvalue weighted by Gasteiger charge is 2.19. The van der Waals surface area contributed by atoms with Gasteiger partial charge in [0.1, 0.15) is 12.4 Å². The molecule has 0 atom stereocenters. The van der Waals surface area contributed by atoms with Crippen molar-refractivity contribution in [2.24, 2.45) is 0 Å². The molecule has 1 aromatic rings. The predicted octanol–water partition coefficient (Wildman–Crippen LogP) is 1.35. The molecule has 0 bridgehead atoms. The maximum atomic E-state index is 13.3. The molecule has 0 saturated heterocycles. The third kappa shape index (κ3) is 4.22. The van der Waals surface area contributed by atoms with Crippen LogP contribution in [0.25, 0.3) is 0 Å². The SMILES string of the molecule is CCCN(CC(=O)N(C)C)C(=O)c1cc(N)cc(F)c1. The van der Waals surface area contributed by atoms with Gasteiger partial charge in [0.2, 0.25) is 5.91 Å². The Balaban J connectivity index is 2.95. The summed E-state index contributed by atoms with van der Waals surface area (Å²) in [5.74, 6) is -1.15. The summed E-state index contributed by atoms with van der Waals surface area (Å²) in [6, 6.07) is 3.68. The standard InChI is InChI=1S/C14H20FN3O2/c1-4-5-18(9-13(19)17(2)3)14(20)10-6-11(15)8-12(16)7-10/h6-8H,4-5,9,16H2,1-3H3. The van der Waals surface area contributed by atoms with Crippen LogP contribution in [0, 0.1) is 5.82 Å². The Kier molecular flexibility index (Phi) is 5.49. The lowest BCUT2D eigenvalue weighted by Gasteiger charge is -2.23. The van der Waals surface area contributed by atoms with E-state index in [9.17, 15) is 14.0 Å². The van der Waals surface area contributed by atoms with Crippen molar-refractivity contribution in [2.45, 2.75) is 13.3 Å². The molecule has 20 heavy (non-hydrogen) atoms. The van der Waals surface area contributed by atoms with E-state index >= 15 is 0 Å². The van der Waals surface area contributed by atoms with Gasteiger partial charge in [0.25, 0.3) is 5.91 Å². The van der Waals surface area contributed by atoms with Gasteiger partial charge in [-0.2, -0.15) is 0 Å². The average molecular weight is 281 g/mol. The van der Waals surface area contributed by atoms with Crippen molar-refractivity contribution in [3.8, 4) is 0 Å². The molecule has 110 valence electrons. The molecule has 5 nitrogen and oxygen atoms in total. The summed E-state index contributed by atoms with van der Waals surface area (Å²) >= 11 is 0. The molecule has 0 aromatic heterocycles. The van der Waals surface area contributed by atoms with Crippen LogP contribution < -0.4 is 5.73 Å². The Morgan fingerprint density at radius 1 is 1.25 bits per heavy atom. The fourth-order valence-corrected chi connectivity index (χ4v) is 1.75. The van der Waals surface area contributed by atoms with Gasteiger partial charge in [0.05, 0.1) is 0 Å². The van der Waals surface area contributed by atoms with Crippen molar-refractivity contribution in [2.75, 3.05) is 32.9 Å². The first kappa shape index (κ1) is 15.9. The molecule has 0 unspecified atom stereocenters. The second-order valence-corrected chi connectivity index (χ2v) is 4.79. The summed E-state index contributed by atoms with van der Waals surface area (Å²) in [5, 5.41) is 0. The number of nitrogen functional groups attached to an aromatic ring is 1. The highest BCUT2D eigenvalue weighted by atomic mass is 19.1. The normalized spacial score (nSPS) is 10.2. The summed E-state index contributed by atoms with van der Waals surface area (Å²) in [4.78, 5) is 26.9. The number of anilines is 1. The summed E-state index contributed by atoms with van der Waals surface area (Å²) in [7, 11) is 3.24. The molecule has 0 aliphatic carbocycles. The molecule has 0 spiro atoms. The minimum absolute atomic E-state index is 0.0317. The third-order valence-electron chi connectivity index (χ3n) is 2.77. The largest absolute Gasteiger partial charge is 0.399 e. The van der Waals surface area contributed by atoms with Crippen molar-refractivity contribution in [1.82, 2.24) is 9.80 Å². The smallest absolute Gasteiger partial charge is 0.254 e. The Bertz CT molecular complexity index is 483. The number of nitrogens with two attached hydrogens (primary N) is 1. The van der Waals surface area contributed by atoms with Crippen LogP contribution >= 0.6 is 0 Å². The molecule has 6 heteroatoms. The lowest BCUT2D eigenvalue weighted by atomic mass is 10.1. The first-order valence-electron chi connectivity index (χ1n) is 6.40. The van der Waals surface area contributed by atoms with Gasteiger partial charge in [-0.25, -0.2) is 4.39 Å². The van der Waals surface area contributed by atoms with Crippen molar-refractivity contribution in [1.29, 1.82) is 0 Å². The van der Waals surface area contributed by atoms with Crippen LogP contribution in [0.3, 0.4) is 0 Å². The van der Waals surface area contributed by atoms with E-state index in [0.717, 1.165) is 12.1 Å². The van der Waals surface area contributed by atoms with Crippen LogP contribution in [0.4, 0.5) is 10.1 Å². The number of amides is 2. The molecule has 0 saturated carbocycles. The highest BCUT2D eigenvalue weighted by Crippen LogP contribution is 2.13. The molecule has 1 aromatic carbocycles. The van der Waals surface area contributed by atoms with E-state index in [0.29, 0.717) is 13.0 Å². The van der Waals surface area contributed by atoms with Crippen LogP contribution in [0.2, 0.25) is 0 Å². The zero-order valence-electron chi connectivity index (χ0n) is 12.0. The Morgan fingerprint density at radius 2 is 1.90 bits per heavy atom. The van der Waals surface area contributed by atoms with E-state index < -0.39 is 11.7 Å². The number of nitrogens with zero attached hydrogens (tertiary/aromatic N) is 2. The zero-order valence-corrected chi connectivity index (χ0v) is 12.0. The maximum absolute atomic E-state index is 13.3. The number of carbonyl (C=O) groups excluding carboxylic acids is 2. The van der Waals surface area contributed by atoms with Gasteiger partial charge in [-0.1, -0.05) is 6.92 Å². The molecule has 2 N–H and O–H groups in total. The number of rotatable bonds is 5. The van der Waals surface area contributed by atoms with Gasteiger partial charge in [0, 0.05) is 31.9 Å². The molecular formula is C14H20FN3O2. The fourth-order valence-electron chi connectivity index (χ4n) is 1.75. The molecule has 0 aliphatic rings. The summed E-state index contributed by atoms with van der Waals surface area (Å²) in [5.41, 5.74) is 5.87. The Hall–Kier alpha value is -2.11. The fraction of sp³-hybridized carbons (Fsp3) is 0.429. The second-order valence-electron chi connectivity index (χ2n) is 4.79. The third-order valence-corrected chi connectivity index (χ3v) is 2.77. The van der Waals surface area contributed by atoms with Gasteiger partial charge >= 0.3 is 0 Å². The van der Waals surface area contributed by atoms with Crippen molar-refractivity contribution in [3.63, 3.8) is 0 Å². The van der Waals surface area contributed by atoms with Gasteiger partial charge in [0.15, 0.2) is 0 Å². The maximum Gasteiger partial charge on any atom is 0.254 e. The molecule has 2 amide bonds. The number of likely N-dealkylation sites (N-methyl/N-ethyl adjacent to an activating group) is 1. The van der Waals surface area contributed by atoms with Gasteiger partial charge in [-0.3, -0.25) is 9.59 Å². The first-order chi connectivity index (χ1) is 9.35. The molecular weight excluding hydrogens is 261 g/mol. The monoisotopic (exact) mass is 281 g/mol. The minimum Gasteiger partial charge on any atom is -0.399 e. The van der Waals surface area contributed by atoms with E-state index in [1.807, 2.05) is 6.92 Å². The predicted molar refractivity (Wildman–Crippen MR) is 75.7 cm³/mol. The lowest BCUT2D eigenvalue weighted by Crippen LogP contribution is -2.40. The summed E-state index contributed by atoms with van der Waals surface area (Å²) in [6.45, 7) is 2.30. The number of benzene rings is 1. The van der Waals surface area contributed by atoms with Crippen LogP contribution in [0.15, 0.2) is 18.2 Å². The van der Waals surface area contributed by atoms with E-state index in [1.54, 1.807) is 14.1 Å². The Labute approximate surface area is 118 Å². The molecule has 0 heterocycles. The summed E-state index contributed by atoms with van der Waals surface area (Å²) in [6.07, 6.45) is 0.706. The molecule has 0 radical (unpaired) electrons. The van der Waals surface area contributed by atoms with Crippen molar-refractivity contribution >= 4 is 17.5 Å². The van der Waals surface area contributed by atoms with E-state index in [2.05, 4.69) is 0 Å². The van der Waals surface area contributed by atoms with E-state index in [4.69, 9.17) is 5.73 Å². The highest BCUT2D eigenvalue weighted by molar-refractivity contribution is 5.97. The Morgan fingerprint density at radius 3 is 2.40 bits per heavy atom.